The minimum atomic E-state index is -1.27. The highest BCUT2D eigenvalue weighted by molar-refractivity contribution is 8.02. The van der Waals surface area contributed by atoms with E-state index in [-0.39, 0.29) is 17.0 Å². The Balaban J connectivity index is 1.97. The number of nitrogens with zero attached hydrogens (tertiary/aromatic N) is 1. The molecule has 2 heterocycles. The van der Waals surface area contributed by atoms with Gasteiger partial charge in [0.1, 0.15) is 11.6 Å². The average molecular weight is 461 g/mol. The van der Waals surface area contributed by atoms with Crippen LogP contribution in [0.3, 0.4) is 0 Å². The number of carbonyl (C=O) groups excluding carboxylic acids is 4. The third-order valence-electron chi connectivity index (χ3n) is 5.16. The van der Waals surface area contributed by atoms with E-state index in [4.69, 9.17) is 9.47 Å². The first-order chi connectivity index (χ1) is 15.0. The van der Waals surface area contributed by atoms with Crippen molar-refractivity contribution in [3.05, 3.63) is 46.4 Å². The molecule has 0 bridgehead atoms. The largest absolute Gasteiger partial charge is 0.467 e. The molecule has 2 aliphatic rings. The van der Waals surface area contributed by atoms with E-state index < -0.39 is 46.8 Å². The number of hydrogen-bond acceptors (Lipinski definition) is 8. The molecule has 1 aromatic rings. The van der Waals surface area contributed by atoms with Crippen LogP contribution in [0.5, 0.6) is 0 Å². The van der Waals surface area contributed by atoms with Crippen LogP contribution in [0.2, 0.25) is 0 Å². The summed E-state index contributed by atoms with van der Waals surface area (Å²) in [5, 5.41) is 4.14. The number of rotatable bonds is 5. The first-order valence-corrected chi connectivity index (χ1v) is 11.3. The minimum Gasteiger partial charge on any atom is -0.467 e. The van der Waals surface area contributed by atoms with Gasteiger partial charge < -0.3 is 9.47 Å². The van der Waals surface area contributed by atoms with Crippen LogP contribution in [0.1, 0.15) is 55.3 Å². The molecular weight excluding hydrogens is 432 g/mol. The van der Waals surface area contributed by atoms with Gasteiger partial charge in [-0.1, -0.05) is 26.0 Å². The molecule has 0 aromatic heterocycles. The first kappa shape index (κ1) is 24.0. The second-order valence-corrected chi connectivity index (χ2v) is 9.97. The summed E-state index contributed by atoms with van der Waals surface area (Å²) in [6.07, 6.45) is 0. The molecule has 1 N–H and O–H groups in total. The van der Waals surface area contributed by atoms with Crippen molar-refractivity contribution in [2.24, 2.45) is 5.92 Å². The maximum Gasteiger partial charge on any atom is 0.331 e. The Labute approximate surface area is 191 Å². The number of hydrogen-bond donors (Lipinski definition) is 1. The molecule has 3 rings (SSSR count). The standard InChI is InChI=1S/C23H28N2O6S/c1-12(2)15-11-32-18(24-16(15)21(28)31-23(3,4)5)17(22(29)30-6)25-19(26)13-9-7-8-10-14(13)20(25)27/h7-12,16-18,24H,1-6H3. The summed E-state index contributed by atoms with van der Waals surface area (Å²) in [6.45, 7) is 9.22. The molecular formula is C23H28N2O6S. The fourth-order valence-electron chi connectivity index (χ4n) is 3.67. The Morgan fingerprint density at radius 1 is 1.09 bits per heavy atom. The topological polar surface area (TPSA) is 102 Å². The van der Waals surface area contributed by atoms with E-state index in [9.17, 15) is 19.2 Å². The number of thioether (sulfide) groups is 1. The Morgan fingerprint density at radius 3 is 2.12 bits per heavy atom. The van der Waals surface area contributed by atoms with E-state index in [2.05, 4.69) is 5.32 Å². The number of amides is 2. The van der Waals surface area contributed by atoms with Crippen molar-refractivity contribution in [2.45, 2.75) is 57.7 Å². The van der Waals surface area contributed by atoms with Crippen molar-refractivity contribution >= 4 is 35.5 Å². The predicted octanol–water partition coefficient (Wildman–Crippen LogP) is 2.74. The molecule has 0 saturated carbocycles. The molecule has 3 atom stereocenters. The summed E-state index contributed by atoms with van der Waals surface area (Å²) in [4.78, 5) is 52.8. The molecule has 9 heteroatoms. The normalized spacial score (nSPS) is 21.8. The highest BCUT2D eigenvalue weighted by Crippen LogP contribution is 2.34. The van der Waals surface area contributed by atoms with Crippen LogP contribution in [0, 0.1) is 5.92 Å². The van der Waals surface area contributed by atoms with Crippen LogP contribution >= 0.6 is 11.8 Å². The molecule has 172 valence electrons. The summed E-state index contributed by atoms with van der Waals surface area (Å²) in [7, 11) is 1.20. The lowest BCUT2D eigenvalue weighted by Crippen LogP contribution is -2.60. The number of benzene rings is 1. The third-order valence-corrected chi connectivity index (χ3v) is 6.25. The number of fused-ring (bicyclic) bond motifs is 1. The van der Waals surface area contributed by atoms with Gasteiger partial charge in [0, 0.05) is 0 Å². The summed E-state index contributed by atoms with van der Waals surface area (Å²) >= 11 is 1.23. The van der Waals surface area contributed by atoms with E-state index >= 15 is 0 Å². The summed E-state index contributed by atoms with van der Waals surface area (Å²) in [5.41, 5.74) is 0.556. The molecule has 1 aromatic carbocycles. The monoisotopic (exact) mass is 460 g/mol. The van der Waals surface area contributed by atoms with Gasteiger partial charge in [0.15, 0.2) is 6.04 Å². The molecule has 0 radical (unpaired) electrons. The summed E-state index contributed by atoms with van der Waals surface area (Å²) in [5.74, 6) is -2.36. The lowest BCUT2D eigenvalue weighted by Gasteiger charge is -2.37. The van der Waals surface area contributed by atoms with Gasteiger partial charge in [-0.25, -0.2) is 9.59 Å². The van der Waals surface area contributed by atoms with Crippen LogP contribution in [0.15, 0.2) is 35.2 Å². The highest BCUT2D eigenvalue weighted by atomic mass is 32.2. The van der Waals surface area contributed by atoms with Gasteiger partial charge in [-0.05, 0) is 49.8 Å². The number of ether oxygens (including phenoxy) is 2. The van der Waals surface area contributed by atoms with Crippen molar-refractivity contribution in [3.8, 4) is 0 Å². The van der Waals surface area contributed by atoms with E-state index in [0.29, 0.717) is 0 Å². The van der Waals surface area contributed by atoms with Gasteiger partial charge in [0.05, 0.1) is 23.6 Å². The van der Waals surface area contributed by atoms with Gasteiger partial charge in [0.25, 0.3) is 11.8 Å². The van der Waals surface area contributed by atoms with Crippen LogP contribution in [-0.4, -0.2) is 58.8 Å². The zero-order chi connectivity index (χ0) is 23.8. The molecule has 0 aliphatic carbocycles. The lowest BCUT2D eigenvalue weighted by molar-refractivity contribution is -0.157. The fraction of sp³-hybridized carbons (Fsp3) is 0.478. The molecule has 2 aliphatic heterocycles. The van der Waals surface area contributed by atoms with Gasteiger partial charge in [-0.15, -0.1) is 11.8 Å². The van der Waals surface area contributed by atoms with Gasteiger partial charge in [0.2, 0.25) is 0 Å². The molecule has 0 spiro atoms. The number of methoxy groups -OCH3 is 1. The van der Waals surface area contributed by atoms with E-state index in [1.165, 1.54) is 18.9 Å². The maximum atomic E-state index is 13.0. The fourth-order valence-corrected chi connectivity index (χ4v) is 4.97. The molecule has 32 heavy (non-hydrogen) atoms. The van der Waals surface area contributed by atoms with Crippen molar-refractivity contribution < 1.29 is 28.7 Å². The van der Waals surface area contributed by atoms with Gasteiger partial charge in [-0.3, -0.25) is 19.8 Å². The van der Waals surface area contributed by atoms with E-state index in [0.717, 1.165) is 10.5 Å². The van der Waals surface area contributed by atoms with E-state index in [1.54, 1.807) is 50.4 Å². The summed E-state index contributed by atoms with van der Waals surface area (Å²) < 4.78 is 10.5. The molecule has 2 amide bonds. The Kier molecular flexibility index (Phi) is 6.80. The predicted molar refractivity (Wildman–Crippen MR) is 120 cm³/mol. The number of esters is 2. The molecule has 0 fully saturated rings. The Morgan fingerprint density at radius 2 is 1.66 bits per heavy atom. The van der Waals surface area contributed by atoms with Gasteiger partial charge in [-0.2, -0.15) is 0 Å². The summed E-state index contributed by atoms with van der Waals surface area (Å²) in [6, 6.07) is 4.31. The Bertz CT molecular complexity index is 946. The van der Waals surface area contributed by atoms with Crippen molar-refractivity contribution in [2.75, 3.05) is 7.11 Å². The lowest BCUT2D eigenvalue weighted by atomic mass is 9.96. The molecule has 3 unspecified atom stereocenters. The average Bonchev–Trinajstić information content (AvgIpc) is 2.98. The van der Waals surface area contributed by atoms with Crippen LogP contribution in [0.4, 0.5) is 0 Å². The zero-order valence-corrected chi connectivity index (χ0v) is 19.8. The van der Waals surface area contributed by atoms with Crippen molar-refractivity contribution in [1.82, 2.24) is 10.2 Å². The number of imide groups is 1. The second-order valence-electron chi connectivity index (χ2n) is 8.96. The molecule has 0 saturated heterocycles. The van der Waals surface area contributed by atoms with Crippen molar-refractivity contribution in [3.63, 3.8) is 0 Å². The number of carbonyl (C=O) groups is 4. The van der Waals surface area contributed by atoms with Crippen LogP contribution < -0.4 is 5.32 Å². The maximum absolute atomic E-state index is 13.0. The minimum absolute atomic E-state index is 0.0318. The highest BCUT2D eigenvalue weighted by Gasteiger charge is 2.49. The van der Waals surface area contributed by atoms with Gasteiger partial charge >= 0.3 is 11.9 Å². The first-order valence-electron chi connectivity index (χ1n) is 10.4. The van der Waals surface area contributed by atoms with Crippen molar-refractivity contribution in [1.29, 1.82) is 0 Å². The third kappa shape index (κ3) is 4.59. The Hall–Kier alpha value is -2.65. The van der Waals surface area contributed by atoms with Crippen LogP contribution in [0.25, 0.3) is 0 Å². The van der Waals surface area contributed by atoms with E-state index in [1.807, 2.05) is 13.8 Å². The smallest absolute Gasteiger partial charge is 0.331 e. The van der Waals surface area contributed by atoms with Crippen LogP contribution in [-0.2, 0) is 19.1 Å². The number of nitrogens with one attached hydrogen (secondary N) is 1. The zero-order valence-electron chi connectivity index (χ0n) is 19.0. The quantitative estimate of drug-likeness (QED) is 0.529. The second kappa shape index (κ2) is 9.07. The SMILES string of the molecule is COC(=O)C(C1NC(C(=O)OC(C)(C)C)C(C(C)C)=CS1)N1C(=O)c2ccccc2C1=O. The molecule has 8 nitrogen and oxygen atoms in total.